The molecule has 18 heavy (non-hydrogen) atoms. The van der Waals surface area contributed by atoms with Crippen LogP contribution in [-0.4, -0.2) is 37.0 Å². The average Bonchev–Trinajstić information content (AvgIpc) is 2.27. The standard InChI is InChI=1S/C14H23N3O/c1-14(2,3)17(5)10-13(18)16-12-8-6-7-11(9-12)15-4/h6-9,15H,10H2,1-5H3,(H,16,18). The van der Waals surface area contributed by atoms with Gasteiger partial charge in [0.1, 0.15) is 0 Å². The smallest absolute Gasteiger partial charge is 0.238 e. The molecule has 1 amide bonds. The molecule has 4 nitrogen and oxygen atoms in total. The molecule has 0 aliphatic heterocycles. The summed E-state index contributed by atoms with van der Waals surface area (Å²) in [6.45, 7) is 6.64. The summed E-state index contributed by atoms with van der Waals surface area (Å²) in [5.41, 5.74) is 1.79. The van der Waals surface area contributed by atoms with Crippen LogP contribution in [0.5, 0.6) is 0 Å². The lowest BCUT2D eigenvalue weighted by Gasteiger charge is -2.31. The van der Waals surface area contributed by atoms with Crippen molar-refractivity contribution in [2.24, 2.45) is 0 Å². The maximum Gasteiger partial charge on any atom is 0.238 e. The first-order valence-electron chi connectivity index (χ1n) is 6.12. The highest BCUT2D eigenvalue weighted by Crippen LogP contribution is 2.15. The minimum absolute atomic E-state index is 0.000628. The highest BCUT2D eigenvalue weighted by atomic mass is 16.2. The van der Waals surface area contributed by atoms with Crippen LogP contribution in [0.3, 0.4) is 0 Å². The fourth-order valence-electron chi connectivity index (χ4n) is 1.41. The molecular weight excluding hydrogens is 226 g/mol. The molecule has 1 aromatic carbocycles. The van der Waals surface area contributed by atoms with Crippen molar-refractivity contribution in [2.45, 2.75) is 26.3 Å². The van der Waals surface area contributed by atoms with Crippen LogP contribution in [0, 0.1) is 0 Å². The van der Waals surface area contributed by atoms with E-state index in [1.807, 2.05) is 43.3 Å². The number of carbonyl (C=O) groups excluding carboxylic acids is 1. The van der Waals surface area contributed by atoms with Gasteiger partial charge in [0.15, 0.2) is 0 Å². The molecule has 0 aromatic heterocycles. The molecule has 0 saturated heterocycles. The summed E-state index contributed by atoms with van der Waals surface area (Å²) in [5.74, 6) is 0.000628. The highest BCUT2D eigenvalue weighted by Gasteiger charge is 2.19. The molecule has 0 heterocycles. The van der Waals surface area contributed by atoms with Gasteiger partial charge in [0.25, 0.3) is 0 Å². The van der Waals surface area contributed by atoms with E-state index in [9.17, 15) is 4.79 Å². The van der Waals surface area contributed by atoms with Crippen LogP contribution in [0.1, 0.15) is 20.8 Å². The predicted molar refractivity (Wildman–Crippen MR) is 77.0 cm³/mol. The van der Waals surface area contributed by atoms with Gasteiger partial charge in [-0.25, -0.2) is 0 Å². The Kier molecular flexibility index (Phi) is 4.73. The molecule has 0 atom stereocenters. The average molecular weight is 249 g/mol. The van der Waals surface area contributed by atoms with Gasteiger partial charge in [0, 0.05) is 24.0 Å². The second kappa shape index (κ2) is 5.87. The molecule has 0 aliphatic rings. The molecule has 0 saturated carbocycles. The Morgan fingerprint density at radius 3 is 2.44 bits per heavy atom. The number of benzene rings is 1. The number of rotatable bonds is 4. The Bertz CT molecular complexity index is 410. The van der Waals surface area contributed by atoms with Crippen LogP contribution < -0.4 is 10.6 Å². The van der Waals surface area contributed by atoms with Crippen LogP contribution in [-0.2, 0) is 4.79 Å². The van der Waals surface area contributed by atoms with Gasteiger partial charge in [-0.15, -0.1) is 0 Å². The number of amides is 1. The Hall–Kier alpha value is -1.55. The lowest BCUT2D eigenvalue weighted by Crippen LogP contribution is -2.42. The summed E-state index contributed by atoms with van der Waals surface area (Å²) in [6.07, 6.45) is 0. The van der Waals surface area contributed by atoms with Crippen LogP contribution >= 0.6 is 0 Å². The van der Waals surface area contributed by atoms with Gasteiger partial charge < -0.3 is 10.6 Å². The third-order valence-corrected chi connectivity index (χ3v) is 2.96. The van der Waals surface area contributed by atoms with Crippen LogP contribution in [0.25, 0.3) is 0 Å². The molecule has 2 N–H and O–H groups in total. The normalized spacial score (nSPS) is 11.4. The van der Waals surface area contributed by atoms with Gasteiger partial charge in [-0.2, -0.15) is 0 Å². The largest absolute Gasteiger partial charge is 0.388 e. The van der Waals surface area contributed by atoms with Crippen molar-refractivity contribution in [3.63, 3.8) is 0 Å². The molecule has 0 spiro atoms. The van der Waals surface area contributed by atoms with E-state index in [0.717, 1.165) is 11.4 Å². The van der Waals surface area contributed by atoms with Crippen molar-refractivity contribution in [2.75, 3.05) is 31.3 Å². The molecule has 0 radical (unpaired) electrons. The Morgan fingerprint density at radius 1 is 1.28 bits per heavy atom. The zero-order chi connectivity index (χ0) is 13.8. The molecule has 4 heteroatoms. The fourth-order valence-corrected chi connectivity index (χ4v) is 1.41. The van der Waals surface area contributed by atoms with Crippen molar-refractivity contribution >= 4 is 17.3 Å². The number of likely N-dealkylation sites (N-methyl/N-ethyl adjacent to an activating group) is 1. The number of hydrogen-bond acceptors (Lipinski definition) is 3. The monoisotopic (exact) mass is 249 g/mol. The van der Waals surface area contributed by atoms with Crippen LogP contribution in [0.2, 0.25) is 0 Å². The molecule has 0 unspecified atom stereocenters. The summed E-state index contributed by atoms with van der Waals surface area (Å²) in [6, 6.07) is 7.66. The van der Waals surface area contributed by atoms with Crippen molar-refractivity contribution < 1.29 is 4.79 Å². The van der Waals surface area contributed by atoms with Crippen molar-refractivity contribution in [1.82, 2.24) is 4.90 Å². The van der Waals surface area contributed by atoms with E-state index >= 15 is 0 Å². The summed E-state index contributed by atoms with van der Waals surface area (Å²) in [7, 11) is 3.80. The molecule has 1 rings (SSSR count). The second-order valence-electron chi connectivity index (χ2n) is 5.41. The second-order valence-corrected chi connectivity index (χ2v) is 5.41. The zero-order valence-corrected chi connectivity index (χ0v) is 11.9. The van der Waals surface area contributed by atoms with E-state index in [1.165, 1.54) is 0 Å². The predicted octanol–water partition coefficient (Wildman–Crippen LogP) is 2.40. The van der Waals surface area contributed by atoms with Gasteiger partial charge in [-0.3, -0.25) is 9.69 Å². The lowest BCUT2D eigenvalue weighted by molar-refractivity contribution is -0.118. The summed E-state index contributed by atoms with van der Waals surface area (Å²) >= 11 is 0. The van der Waals surface area contributed by atoms with E-state index in [4.69, 9.17) is 0 Å². The maximum absolute atomic E-state index is 11.9. The minimum atomic E-state index is -0.00976. The third-order valence-electron chi connectivity index (χ3n) is 2.96. The number of hydrogen-bond donors (Lipinski definition) is 2. The molecular formula is C14H23N3O. The molecule has 100 valence electrons. The van der Waals surface area contributed by atoms with Crippen LogP contribution in [0.4, 0.5) is 11.4 Å². The Morgan fingerprint density at radius 2 is 1.89 bits per heavy atom. The molecule has 0 bridgehead atoms. The fraction of sp³-hybridized carbons (Fsp3) is 0.500. The van der Waals surface area contributed by atoms with E-state index in [0.29, 0.717) is 6.54 Å². The first-order chi connectivity index (χ1) is 8.32. The van der Waals surface area contributed by atoms with Crippen molar-refractivity contribution in [3.05, 3.63) is 24.3 Å². The van der Waals surface area contributed by atoms with E-state index in [1.54, 1.807) is 0 Å². The first-order valence-corrected chi connectivity index (χ1v) is 6.12. The summed E-state index contributed by atoms with van der Waals surface area (Å²) in [4.78, 5) is 13.9. The Balaban J connectivity index is 2.59. The lowest BCUT2D eigenvalue weighted by atomic mass is 10.1. The van der Waals surface area contributed by atoms with Gasteiger partial charge in [0.05, 0.1) is 6.54 Å². The van der Waals surface area contributed by atoms with Gasteiger partial charge >= 0.3 is 0 Å². The highest BCUT2D eigenvalue weighted by molar-refractivity contribution is 5.92. The number of nitrogens with one attached hydrogen (secondary N) is 2. The maximum atomic E-state index is 11.9. The van der Waals surface area contributed by atoms with Crippen molar-refractivity contribution in [3.8, 4) is 0 Å². The van der Waals surface area contributed by atoms with Gasteiger partial charge in [-0.1, -0.05) is 6.07 Å². The summed E-state index contributed by atoms with van der Waals surface area (Å²) < 4.78 is 0. The minimum Gasteiger partial charge on any atom is -0.388 e. The third kappa shape index (κ3) is 4.37. The summed E-state index contributed by atoms with van der Waals surface area (Å²) in [5, 5.41) is 5.94. The van der Waals surface area contributed by atoms with E-state index in [-0.39, 0.29) is 11.4 Å². The first kappa shape index (κ1) is 14.5. The number of anilines is 2. The quantitative estimate of drug-likeness (QED) is 0.861. The molecule has 1 aromatic rings. The number of nitrogens with zero attached hydrogens (tertiary/aromatic N) is 1. The topological polar surface area (TPSA) is 44.4 Å². The van der Waals surface area contributed by atoms with Crippen molar-refractivity contribution in [1.29, 1.82) is 0 Å². The van der Waals surface area contributed by atoms with E-state index < -0.39 is 0 Å². The SMILES string of the molecule is CNc1cccc(NC(=O)CN(C)C(C)(C)C)c1. The Labute approximate surface area is 109 Å². The van der Waals surface area contributed by atoms with E-state index in [2.05, 4.69) is 31.4 Å². The van der Waals surface area contributed by atoms with Crippen LogP contribution in [0.15, 0.2) is 24.3 Å². The molecule has 0 aliphatic carbocycles. The van der Waals surface area contributed by atoms with Gasteiger partial charge in [-0.05, 0) is 46.0 Å². The zero-order valence-electron chi connectivity index (χ0n) is 11.9. The van der Waals surface area contributed by atoms with Gasteiger partial charge in [0.2, 0.25) is 5.91 Å². The number of carbonyl (C=O) groups is 1. The molecule has 0 fully saturated rings.